The number of aromatic amines is 1. The lowest BCUT2D eigenvalue weighted by Crippen LogP contribution is -2.48. The van der Waals surface area contributed by atoms with Gasteiger partial charge >= 0.3 is 6.03 Å². The number of piperazine rings is 1. The van der Waals surface area contributed by atoms with Crippen molar-refractivity contribution in [1.29, 1.82) is 0 Å². The molecule has 3 heterocycles. The Hall–Kier alpha value is -3.20. The van der Waals surface area contributed by atoms with E-state index in [0.29, 0.717) is 35.8 Å². The van der Waals surface area contributed by atoms with Crippen LogP contribution in [0.2, 0.25) is 0 Å². The van der Waals surface area contributed by atoms with E-state index >= 15 is 0 Å². The Bertz CT molecular complexity index is 946. The van der Waals surface area contributed by atoms with E-state index in [1.54, 1.807) is 18.2 Å². The van der Waals surface area contributed by atoms with Gasteiger partial charge in [0.2, 0.25) is 5.65 Å². The number of ether oxygens (including phenoxy) is 1. The van der Waals surface area contributed by atoms with Crippen molar-refractivity contribution < 1.29 is 9.53 Å². The molecule has 0 atom stereocenters. The molecule has 1 aliphatic rings. The summed E-state index contributed by atoms with van der Waals surface area (Å²) < 4.78 is 5.18. The van der Waals surface area contributed by atoms with Crippen molar-refractivity contribution in [3.05, 3.63) is 30.5 Å². The van der Waals surface area contributed by atoms with Crippen molar-refractivity contribution in [1.82, 2.24) is 30.0 Å². The smallest absolute Gasteiger partial charge is 0.323 e. The molecule has 9 nitrogen and oxygen atoms in total. The Morgan fingerprint density at radius 1 is 1.19 bits per heavy atom. The summed E-state index contributed by atoms with van der Waals surface area (Å²) in [4.78, 5) is 25.5. The second-order valence-electron chi connectivity index (χ2n) is 6.48. The second-order valence-corrected chi connectivity index (χ2v) is 6.48. The predicted octanol–water partition coefficient (Wildman–Crippen LogP) is 1.81. The lowest BCUT2D eigenvalue weighted by molar-refractivity contribution is 0.164. The van der Waals surface area contributed by atoms with Gasteiger partial charge in [-0.25, -0.2) is 14.8 Å². The molecule has 1 aromatic carbocycles. The largest absolute Gasteiger partial charge is 0.497 e. The van der Waals surface area contributed by atoms with Gasteiger partial charge in [0, 0.05) is 31.7 Å². The van der Waals surface area contributed by atoms with Gasteiger partial charge in [0.25, 0.3) is 0 Å². The highest BCUT2D eigenvalue weighted by atomic mass is 16.5. The van der Waals surface area contributed by atoms with Crippen molar-refractivity contribution in [3.8, 4) is 17.0 Å². The SMILES string of the molecule is COc1ccc(-c2cnc3n[nH]c(NC(=O)N4CCN(C)CC4)c3n2)cc1. The quantitative estimate of drug-likeness (QED) is 0.732. The number of urea groups is 1. The number of amides is 2. The van der Waals surface area contributed by atoms with Crippen LogP contribution in [0.1, 0.15) is 0 Å². The number of hydrogen-bond donors (Lipinski definition) is 2. The lowest BCUT2D eigenvalue weighted by atomic mass is 10.1. The Kier molecular flexibility index (Phi) is 4.59. The van der Waals surface area contributed by atoms with Crippen LogP contribution in [0.4, 0.5) is 10.6 Å². The fourth-order valence-electron chi connectivity index (χ4n) is 2.98. The van der Waals surface area contributed by atoms with E-state index in [2.05, 4.69) is 30.4 Å². The monoisotopic (exact) mass is 367 g/mol. The van der Waals surface area contributed by atoms with Crippen LogP contribution < -0.4 is 10.1 Å². The van der Waals surface area contributed by atoms with Crippen LogP contribution in [-0.4, -0.2) is 76.3 Å². The van der Waals surface area contributed by atoms with Gasteiger partial charge in [0.15, 0.2) is 11.3 Å². The number of anilines is 1. The summed E-state index contributed by atoms with van der Waals surface area (Å²) in [5.41, 5.74) is 2.59. The van der Waals surface area contributed by atoms with Gasteiger partial charge in [-0.05, 0) is 31.3 Å². The summed E-state index contributed by atoms with van der Waals surface area (Å²) in [6.45, 7) is 3.10. The number of carbonyl (C=O) groups excluding carboxylic acids is 1. The average Bonchev–Trinajstić information content (AvgIpc) is 3.10. The van der Waals surface area contributed by atoms with E-state index in [-0.39, 0.29) is 6.03 Å². The molecule has 2 N–H and O–H groups in total. The molecule has 140 valence electrons. The number of aromatic nitrogens is 4. The topological polar surface area (TPSA) is 99.3 Å². The normalized spacial score (nSPS) is 15.1. The molecular weight excluding hydrogens is 346 g/mol. The highest BCUT2D eigenvalue weighted by molar-refractivity contribution is 5.96. The molecule has 9 heteroatoms. The Balaban J connectivity index is 1.57. The first kappa shape index (κ1) is 17.2. The summed E-state index contributed by atoms with van der Waals surface area (Å²) in [6.07, 6.45) is 1.66. The Morgan fingerprint density at radius 2 is 1.93 bits per heavy atom. The Morgan fingerprint density at radius 3 is 2.63 bits per heavy atom. The number of hydrogen-bond acceptors (Lipinski definition) is 6. The third kappa shape index (κ3) is 3.54. The number of fused-ring (bicyclic) bond motifs is 1. The van der Waals surface area contributed by atoms with Crippen LogP contribution in [0.25, 0.3) is 22.4 Å². The van der Waals surface area contributed by atoms with Crippen molar-refractivity contribution in [3.63, 3.8) is 0 Å². The molecule has 1 saturated heterocycles. The molecule has 2 aromatic heterocycles. The number of methoxy groups -OCH3 is 1. The van der Waals surface area contributed by atoms with Crippen molar-refractivity contribution in [2.75, 3.05) is 45.7 Å². The molecule has 0 unspecified atom stereocenters. The second kappa shape index (κ2) is 7.20. The number of benzene rings is 1. The fourth-order valence-corrected chi connectivity index (χ4v) is 2.98. The van der Waals surface area contributed by atoms with Gasteiger partial charge in [-0.15, -0.1) is 0 Å². The molecular formula is C18H21N7O2. The molecule has 4 rings (SSSR count). The molecule has 1 aliphatic heterocycles. The van der Waals surface area contributed by atoms with Crippen LogP contribution in [0, 0.1) is 0 Å². The summed E-state index contributed by atoms with van der Waals surface area (Å²) in [6, 6.07) is 7.40. The number of likely N-dealkylation sites (N-methyl/N-ethyl adjacent to an activating group) is 1. The van der Waals surface area contributed by atoms with Crippen molar-refractivity contribution >= 4 is 23.0 Å². The van der Waals surface area contributed by atoms with Gasteiger partial charge in [-0.3, -0.25) is 10.4 Å². The molecule has 0 spiro atoms. The molecule has 1 fully saturated rings. The molecule has 0 bridgehead atoms. The summed E-state index contributed by atoms with van der Waals surface area (Å²) in [5, 5.41) is 9.83. The standard InChI is InChI=1S/C18H21N7O2/c1-24-7-9-25(10-8-24)18(26)21-17-15-16(22-23-17)19-11-14(20-15)12-3-5-13(27-2)6-4-12/h3-6,11H,7-10H2,1-2H3,(H2,19,21,22,23,26). The fraction of sp³-hybridized carbons (Fsp3) is 0.333. The van der Waals surface area contributed by atoms with Crippen LogP contribution in [0.15, 0.2) is 30.5 Å². The molecule has 0 aliphatic carbocycles. The first-order valence-electron chi connectivity index (χ1n) is 8.74. The molecule has 2 amide bonds. The highest BCUT2D eigenvalue weighted by Crippen LogP contribution is 2.24. The van der Waals surface area contributed by atoms with Gasteiger partial charge in [-0.1, -0.05) is 0 Å². The zero-order valence-electron chi connectivity index (χ0n) is 15.3. The minimum absolute atomic E-state index is 0.162. The van der Waals surface area contributed by atoms with Gasteiger partial charge in [0.1, 0.15) is 5.75 Å². The number of H-pyrrole nitrogens is 1. The third-order valence-corrected chi connectivity index (χ3v) is 4.67. The zero-order chi connectivity index (χ0) is 18.8. The first-order valence-corrected chi connectivity index (χ1v) is 8.74. The van der Waals surface area contributed by atoms with E-state index in [4.69, 9.17) is 4.74 Å². The van der Waals surface area contributed by atoms with Gasteiger partial charge in [-0.2, -0.15) is 5.10 Å². The Labute approximate surface area is 156 Å². The van der Waals surface area contributed by atoms with Gasteiger partial charge in [0.05, 0.1) is 19.0 Å². The van der Waals surface area contributed by atoms with Crippen LogP contribution in [0.5, 0.6) is 5.75 Å². The predicted molar refractivity (Wildman–Crippen MR) is 102 cm³/mol. The maximum atomic E-state index is 12.5. The maximum Gasteiger partial charge on any atom is 0.323 e. The summed E-state index contributed by atoms with van der Waals surface area (Å²) >= 11 is 0. The first-order chi connectivity index (χ1) is 13.1. The van der Waals surface area contributed by atoms with Crippen LogP contribution >= 0.6 is 0 Å². The number of nitrogens with one attached hydrogen (secondary N) is 2. The zero-order valence-corrected chi connectivity index (χ0v) is 15.3. The van der Waals surface area contributed by atoms with E-state index in [1.807, 2.05) is 31.3 Å². The number of carbonyl (C=O) groups is 1. The van der Waals surface area contributed by atoms with E-state index < -0.39 is 0 Å². The van der Waals surface area contributed by atoms with E-state index in [9.17, 15) is 4.79 Å². The molecule has 0 radical (unpaired) electrons. The average molecular weight is 367 g/mol. The lowest BCUT2D eigenvalue weighted by Gasteiger charge is -2.32. The summed E-state index contributed by atoms with van der Waals surface area (Å²) in [5.74, 6) is 1.23. The van der Waals surface area contributed by atoms with E-state index in [1.165, 1.54) is 0 Å². The third-order valence-electron chi connectivity index (χ3n) is 4.67. The van der Waals surface area contributed by atoms with Gasteiger partial charge < -0.3 is 14.5 Å². The minimum Gasteiger partial charge on any atom is -0.497 e. The number of nitrogens with zero attached hydrogens (tertiary/aromatic N) is 5. The van der Waals surface area contributed by atoms with Crippen molar-refractivity contribution in [2.24, 2.45) is 0 Å². The van der Waals surface area contributed by atoms with Crippen molar-refractivity contribution in [2.45, 2.75) is 0 Å². The summed E-state index contributed by atoms with van der Waals surface area (Å²) in [7, 11) is 3.68. The maximum absolute atomic E-state index is 12.5. The molecule has 0 saturated carbocycles. The van der Waals surface area contributed by atoms with Crippen LogP contribution in [0.3, 0.4) is 0 Å². The molecule has 27 heavy (non-hydrogen) atoms. The minimum atomic E-state index is -0.162. The highest BCUT2D eigenvalue weighted by Gasteiger charge is 2.21. The van der Waals surface area contributed by atoms with Crippen LogP contribution in [-0.2, 0) is 0 Å². The van der Waals surface area contributed by atoms with E-state index in [0.717, 1.165) is 24.4 Å². The molecule has 3 aromatic rings. The number of rotatable bonds is 3.